The van der Waals surface area contributed by atoms with Crippen molar-refractivity contribution in [2.45, 2.75) is 31.7 Å². The Hall–Kier alpha value is -2.21. The summed E-state index contributed by atoms with van der Waals surface area (Å²) in [5.74, 6) is 0.936. The van der Waals surface area contributed by atoms with Crippen LogP contribution in [0.2, 0.25) is 0 Å². The monoisotopic (exact) mass is 399 g/mol. The van der Waals surface area contributed by atoms with E-state index in [1.54, 1.807) is 0 Å². The predicted molar refractivity (Wildman–Crippen MR) is 123 cm³/mol. The number of hydrogen-bond donors (Lipinski definition) is 2. The molecule has 0 amide bonds. The van der Waals surface area contributed by atoms with Crippen LogP contribution in [0, 0.1) is 0 Å². The van der Waals surface area contributed by atoms with Gasteiger partial charge in [-0.2, -0.15) is 0 Å². The largest absolute Gasteiger partial charge is 0.375 e. The number of para-hydroxylation sites is 1. The van der Waals surface area contributed by atoms with Gasteiger partial charge in [-0.3, -0.25) is 4.99 Å². The van der Waals surface area contributed by atoms with Gasteiger partial charge in [0, 0.05) is 52.0 Å². The normalized spacial score (nSPS) is 15.5. The molecule has 2 heterocycles. The van der Waals surface area contributed by atoms with E-state index in [4.69, 9.17) is 0 Å². The van der Waals surface area contributed by atoms with E-state index in [2.05, 4.69) is 80.3 Å². The molecule has 0 bridgehead atoms. The Kier molecular flexibility index (Phi) is 8.03. The molecular weight excluding hydrogens is 366 g/mol. The quantitative estimate of drug-likeness (QED) is 0.403. The number of nitrogens with zero attached hydrogens (tertiary/aromatic N) is 3. The second-order valence-electron chi connectivity index (χ2n) is 7.32. The van der Waals surface area contributed by atoms with Gasteiger partial charge in [0.15, 0.2) is 5.96 Å². The second-order valence-corrected chi connectivity index (χ2v) is 8.25. The van der Waals surface area contributed by atoms with Gasteiger partial charge < -0.3 is 20.4 Å². The van der Waals surface area contributed by atoms with Crippen LogP contribution in [-0.2, 0) is 0 Å². The van der Waals surface area contributed by atoms with Crippen LogP contribution >= 0.6 is 11.3 Å². The molecule has 0 unspecified atom stereocenters. The van der Waals surface area contributed by atoms with Crippen molar-refractivity contribution in [3.8, 4) is 0 Å². The number of rotatable bonds is 8. The Balaban J connectivity index is 1.30. The highest BCUT2D eigenvalue weighted by molar-refractivity contribution is 7.14. The highest BCUT2D eigenvalue weighted by atomic mass is 32.1. The molecule has 28 heavy (non-hydrogen) atoms. The Morgan fingerprint density at radius 2 is 1.93 bits per heavy atom. The lowest BCUT2D eigenvalue weighted by molar-refractivity contribution is 0.462. The lowest BCUT2D eigenvalue weighted by atomic mass is 10.1. The molecule has 1 aromatic heterocycles. The fourth-order valence-electron chi connectivity index (χ4n) is 3.57. The molecule has 6 heteroatoms. The summed E-state index contributed by atoms with van der Waals surface area (Å²) in [6.07, 6.45) is 4.60. The Bertz CT molecular complexity index is 693. The first-order valence-corrected chi connectivity index (χ1v) is 11.2. The topological polar surface area (TPSA) is 42.9 Å². The predicted octanol–water partition coefficient (Wildman–Crippen LogP) is 3.80. The number of aliphatic imine (C=N–C) groups is 1. The molecule has 2 N–H and O–H groups in total. The zero-order valence-corrected chi connectivity index (χ0v) is 17.9. The lowest BCUT2D eigenvalue weighted by Gasteiger charge is -2.33. The molecule has 0 atom stereocenters. The summed E-state index contributed by atoms with van der Waals surface area (Å²) < 4.78 is 0. The third kappa shape index (κ3) is 6.16. The second kappa shape index (κ2) is 11.0. The third-order valence-corrected chi connectivity index (χ3v) is 6.22. The van der Waals surface area contributed by atoms with Crippen molar-refractivity contribution in [3.63, 3.8) is 0 Å². The highest BCUT2D eigenvalue weighted by Crippen LogP contribution is 2.24. The minimum absolute atomic E-state index is 0.506. The molecule has 5 nitrogen and oxygen atoms in total. The van der Waals surface area contributed by atoms with Crippen LogP contribution in [0.1, 0.15) is 25.7 Å². The van der Waals surface area contributed by atoms with E-state index < -0.39 is 0 Å². The molecule has 0 aliphatic carbocycles. The molecule has 1 aliphatic heterocycles. The molecule has 1 aliphatic rings. The van der Waals surface area contributed by atoms with Crippen LogP contribution in [0.25, 0.3) is 0 Å². The highest BCUT2D eigenvalue weighted by Gasteiger charge is 2.20. The van der Waals surface area contributed by atoms with Gasteiger partial charge >= 0.3 is 0 Å². The molecule has 152 valence electrons. The van der Waals surface area contributed by atoms with Crippen LogP contribution in [0.4, 0.5) is 10.7 Å². The van der Waals surface area contributed by atoms with Crippen LogP contribution < -0.4 is 20.4 Å². The average molecular weight is 400 g/mol. The average Bonchev–Trinajstić information content (AvgIpc) is 3.28. The fraction of sp³-hybridized carbons (Fsp3) is 0.500. The van der Waals surface area contributed by atoms with Gasteiger partial charge in [-0.15, -0.1) is 11.3 Å². The van der Waals surface area contributed by atoms with E-state index in [1.807, 2.05) is 18.4 Å². The lowest BCUT2D eigenvalue weighted by Crippen LogP contribution is -2.48. The summed E-state index contributed by atoms with van der Waals surface area (Å²) in [5.41, 5.74) is 1.28. The molecular formula is C22H33N5S. The van der Waals surface area contributed by atoms with Crippen molar-refractivity contribution in [1.82, 2.24) is 10.6 Å². The van der Waals surface area contributed by atoms with Gasteiger partial charge in [-0.05, 0) is 55.3 Å². The molecule has 2 aromatic rings. The maximum Gasteiger partial charge on any atom is 0.191 e. The van der Waals surface area contributed by atoms with E-state index in [-0.39, 0.29) is 0 Å². The summed E-state index contributed by atoms with van der Waals surface area (Å²) in [4.78, 5) is 9.21. The number of unbranched alkanes of at least 4 members (excludes halogenated alkanes) is 1. The van der Waals surface area contributed by atoms with Crippen LogP contribution in [0.3, 0.4) is 0 Å². The van der Waals surface area contributed by atoms with Crippen molar-refractivity contribution in [2.75, 3.05) is 50.1 Å². The van der Waals surface area contributed by atoms with E-state index in [1.165, 1.54) is 10.7 Å². The molecule has 0 spiro atoms. The SMILES string of the molecule is CN=C(NCCCCN(C)c1ccccc1)NC1CCN(c2cccs2)CC1. The smallest absolute Gasteiger partial charge is 0.191 e. The summed E-state index contributed by atoms with van der Waals surface area (Å²) in [5, 5.41) is 10.6. The first-order chi connectivity index (χ1) is 13.8. The third-order valence-electron chi connectivity index (χ3n) is 5.29. The summed E-state index contributed by atoms with van der Waals surface area (Å²) in [6.45, 7) is 4.25. The number of thiophene rings is 1. The zero-order valence-electron chi connectivity index (χ0n) is 17.1. The number of anilines is 2. The first kappa shape index (κ1) is 20.5. The van der Waals surface area contributed by atoms with E-state index in [0.29, 0.717) is 6.04 Å². The zero-order chi connectivity index (χ0) is 19.6. The van der Waals surface area contributed by atoms with Gasteiger partial charge in [-0.25, -0.2) is 0 Å². The minimum atomic E-state index is 0.506. The first-order valence-electron chi connectivity index (χ1n) is 10.3. The van der Waals surface area contributed by atoms with Crippen molar-refractivity contribution >= 4 is 28.0 Å². The van der Waals surface area contributed by atoms with E-state index >= 15 is 0 Å². The van der Waals surface area contributed by atoms with Gasteiger partial charge in [0.2, 0.25) is 0 Å². The maximum absolute atomic E-state index is 4.40. The number of guanidine groups is 1. The van der Waals surface area contributed by atoms with E-state index in [9.17, 15) is 0 Å². The maximum atomic E-state index is 4.40. The van der Waals surface area contributed by atoms with Crippen molar-refractivity contribution in [2.24, 2.45) is 4.99 Å². The van der Waals surface area contributed by atoms with Crippen LogP contribution in [-0.4, -0.2) is 52.3 Å². The molecule has 1 saturated heterocycles. The van der Waals surface area contributed by atoms with Crippen LogP contribution in [0.5, 0.6) is 0 Å². The van der Waals surface area contributed by atoms with Crippen molar-refractivity contribution in [3.05, 3.63) is 47.8 Å². The van der Waals surface area contributed by atoms with Gasteiger partial charge in [-0.1, -0.05) is 18.2 Å². The molecule has 1 aromatic carbocycles. The summed E-state index contributed by atoms with van der Waals surface area (Å²) >= 11 is 1.83. The van der Waals surface area contributed by atoms with Gasteiger partial charge in [0.05, 0.1) is 5.00 Å². The Labute approximate surface area is 173 Å². The molecule has 0 radical (unpaired) electrons. The minimum Gasteiger partial charge on any atom is -0.375 e. The van der Waals surface area contributed by atoms with Gasteiger partial charge in [0.1, 0.15) is 0 Å². The van der Waals surface area contributed by atoms with Crippen LogP contribution in [0.15, 0.2) is 52.8 Å². The van der Waals surface area contributed by atoms with E-state index in [0.717, 1.165) is 57.8 Å². The number of piperidine rings is 1. The Morgan fingerprint density at radius 3 is 2.61 bits per heavy atom. The fourth-order valence-corrected chi connectivity index (χ4v) is 4.36. The summed E-state index contributed by atoms with van der Waals surface area (Å²) in [6, 6.07) is 15.4. The number of benzene rings is 1. The van der Waals surface area contributed by atoms with Crippen molar-refractivity contribution in [1.29, 1.82) is 0 Å². The molecule has 1 fully saturated rings. The number of hydrogen-bond acceptors (Lipinski definition) is 4. The Morgan fingerprint density at radius 1 is 1.14 bits per heavy atom. The molecule has 0 saturated carbocycles. The standard InChI is InChI=1S/C22H33N5S/c1-23-22(24-14-6-7-15-26(2)20-9-4-3-5-10-20)25-19-12-16-27(17-13-19)21-11-8-18-28-21/h3-5,8-11,18-19H,6-7,12-17H2,1-2H3,(H2,23,24,25). The van der Waals surface area contributed by atoms with Gasteiger partial charge in [0.25, 0.3) is 0 Å². The summed E-state index contributed by atoms with van der Waals surface area (Å²) in [7, 11) is 4.02. The number of nitrogens with one attached hydrogen (secondary N) is 2. The van der Waals surface area contributed by atoms with Crippen molar-refractivity contribution < 1.29 is 0 Å². The molecule has 3 rings (SSSR count).